The van der Waals surface area contributed by atoms with E-state index in [0.717, 1.165) is 73.3 Å². The molecule has 4 heterocycles. The van der Waals surface area contributed by atoms with E-state index >= 15 is 0 Å². The van der Waals surface area contributed by atoms with E-state index < -0.39 is 11.9 Å². The molecule has 1 saturated carbocycles. The highest BCUT2D eigenvalue weighted by Crippen LogP contribution is 2.56. The molecule has 5 nitrogen and oxygen atoms in total. The molecule has 7 rings (SSSR count). The Kier molecular flexibility index (Phi) is 5.41. The van der Waals surface area contributed by atoms with Gasteiger partial charge in [-0.15, -0.1) is 0 Å². The summed E-state index contributed by atoms with van der Waals surface area (Å²) in [6.45, 7) is 6.01. The van der Waals surface area contributed by atoms with Gasteiger partial charge in [0.15, 0.2) is 5.69 Å². The second-order valence-corrected chi connectivity index (χ2v) is 11.4. The van der Waals surface area contributed by atoms with Gasteiger partial charge >= 0.3 is 6.18 Å². The Morgan fingerprint density at radius 1 is 1.05 bits per heavy atom. The van der Waals surface area contributed by atoms with Gasteiger partial charge < -0.3 is 9.42 Å². The van der Waals surface area contributed by atoms with Gasteiger partial charge in [0, 0.05) is 53.1 Å². The summed E-state index contributed by atoms with van der Waals surface area (Å²) in [7, 11) is 0. The molecule has 4 aromatic rings. The smallest absolute Gasteiger partial charge is 0.371 e. The third kappa shape index (κ3) is 4.21. The number of hydrogen-bond acceptors (Lipinski definition) is 5. The van der Waals surface area contributed by atoms with Crippen molar-refractivity contribution in [1.29, 1.82) is 0 Å². The van der Waals surface area contributed by atoms with Crippen molar-refractivity contribution in [2.75, 3.05) is 18.0 Å². The maximum Gasteiger partial charge on any atom is 0.434 e. The van der Waals surface area contributed by atoms with E-state index in [2.05, 4.69) is 57.3 Å². The van der Waals surface area contributed by atoms with E-state index in [9.17, 15) is 13.2 Å². The number of aromatic nitrogens is 3. The summed E-state index contributed by atoms with van der Waals surface area (Å²) < 4.78 is 47.1. The van der Waals surface area contributed by atoms with E-state index in [1.54, 1.807) is 0 Å². The number of allylic oxidation sites excluding steroid dienone is 2. The van der Waals surface area contributed by atoms with Crippen LogP contribution >= 0.6 is 0 Å². The number of aryl methyl sites for hydroxylation is 2. The number of rotatable bonds is 4. The molecule has 8 heteroatoms. The Labute approximate surface area is 224 Å². The van der Waals surface area contributed by atoms with Gasteiger partial charge in [0.1, 0.15) is 11.5 Å². The fourth-order valence-corrected chi connectivity index (χ4v) is 6.40. The predicted molar refractivity (Wildman–Crippen MR) is 144 cm³/mol. The standard InChI is InChI=1S/C31H29F3N4O/c1-18-14-19(2)36-25-8-7-22(15-24(18)25)38-12-9-30(10-13-38)16-21(17-30)26-27(37-39-28(26)20-5-6-20)23-4-3-11-35-29(23)31(32,33)34/h3-4,7-8,11,14-16,20H,5-6,9-10,12-13,17H2,1-2H3. The predicted octanol–water partition coefficient (Wildman–Crippen LogP) is 7.87. The quantitative estimate of drug-likeness (QED) is 0.269. The van der Waals surface area contributed by atoms with Crippen LogP contribution in [0.3, 0.4) is 0 Å². The Morgan fingerprint density at radius 2 is 1.82 bits per heavy atom. The Balaban J connectivity index is 1.16. The molecule has 3 aliphatic rings. The molecular formula is C31H29F3N4O. The van der Waals surface area contributed by atoms with Crippen molar-refractivity contribution in [2.45, 2.75) is 58.0 Å². The van der Waals surface area contributed by atoms with Crippen LogP contribution in [0.2, 0.25) is 0 Å². The molecule has 200 valence electrons. The van der Waals surface area contributed by atoms with Crippen LogP contribution in [0, 0.1) is 19.3 Å². The average molecular weight is 531 g/mol. The number of benzene rings is 1. The van der Waals surface area contributed by atoms with Crippen molar-refractivity contribution >= 4 is 22.2 Å². The van der Waals surface area contributed by atoms with Crippen molar-refractivity contribution in [3.63, 3.8) is 0 Å². The first kappa shape index (κ1) is 24.4. The molecule has 2 fully saturated rings. The molecular weight excluding hydrogens is 501 g/mol. The minimum Gasteiger partial charge on any atom is -0.371 e. The number of alkyl halides is 3. The summed E-state index contributed by atoms with van der Waals surface area (Å²) in [5.74, 6) is 0.970. The van der Waals surface area contributed by atoms with E-state index in [0.29, 0.717) is 0 Å². The largest absolute Gasteiger partial charge is 0.434 e. The monoisotopic (exact) mass is 530 g/mol. The molecule has 1 aromatic carbocycles. The van der Waals surface area contributed by atoms with E-state index in [4.69, 9.17) is 4.52 Å². The molecule has 0 amide bonds. The third-order valence-corrected chi connectivity index (χ3v) is 8.59. The van der Waals surface area contributed by atoms with Gasteiger partial charge in [-0.25, -0.2) is 0 Å². The second-order valence-electron chi connectivity index (χ2n) is 11.4. The van der Waals surface area contributed by atoms with Crippen LogP contribution in [-0.2, 0) is 6.18 Å². The molecule has 1 spiro atoms. The fourth-order valence-electron chi connectivity index (χ4n) is 6.40. The van der Waals surface area contributed by atoms with Gasteiger partial charge in [0.05, 0.1) is 5.52 Å². The van der Waals surface area contributed by atoms with Gasteiger partial charge in [-0.1, -0.05) is 11.2 Å². The van der Waals surface area contributed by atoms with E-state index in [1.165, 1.54) is 35.0 Å². The van der Waals surface area contributed by atoms with Crippen LogP contribution < -0.4 is 4.90 Å². The molecule has 0 bridgehead atoms. The lowest BCUT2D eigenvalue weighted by molar-refractivity contribution is -0.140. The zero-order valence-corrected chi connectivity index (χ0v) is 22.0. The van der Waals surface area contributed by atoms with Crippen LogP contribution in [0.15, 0.2) is 53.2 Å². The van der Waals surface area contributed by atoms with E-state index in [-0.39, 0.29) is 22.6 Å². The first-order valence-electron chi connectivity index (χ1n) is 13.6. The summed E-state index contributed by atoms with van der Waals surface area (Å²) in [6, 6.07) is 11.6. The van der Waals surface area contributed by atoms with Crippen LogP contribution in [0.1, 0.15) is 66.3 Å². The fraction of sp³-hybridized carbons (Fsp3) is 0.387. The summed E-state index contributed by atoms with van der Waals surface area (Å²) in [5.41, 5.74) is 5.72. The molecule has 1 saturated heterocycles. The average Bonchev–Trinajstić information content (AvgIpc) is 3.65. The third-order valence-electron chi connectivity index (χ3n) is 8.59. The number of pyridine rings is 2. The first-order chi connectivity index (χ1) is 18.7. The molecule has 0 radical (unpaired) electrons. The van der Waals surface area contributed by atoms with Crippen LogP contribution in [0.4, 0.5) is 18.9 Å². The number of fused-ring (bicyclic) bond motifs is 1. The number of piperidine rings is 1. The van der Waals surface area contributed by atoms with Gasteiger partial charge in [0.2, 0.25) is 0 Å². The number of halogens is 3. The second kappa shape index (κ2) is 8.66. The molecule has 2 aliphatic carbocycles. The summed E-state index contributed by atoms with van der Waals surface area (Å²) in [5, 5.41) is 5.36. The maximum absolute atomic E-state index is 13.8. The van der Waals surface area contributed by atoms with Gasteiger partial charge in [0.25, 0.3) is 0 Å². The van der Waals surface area contributed by atoms with Gasteiger partial charge in [-0.3, -0.25) is 9.97 Å². The lowest BCUT2D eigenvalue weighted by Crippen LogP contribution is -2.42. The van der Waals surface area contributed by atoms with Crippen molar-refractivity contribution in [3.05, 3.63) is 76.9 Å². The topological polar surface area (TPSA) is 55.1 Å². The zero-order valence-electron chi connectivity index (χ0n) is 22.0. The molecule has 39 heavy (non-hydrogen) atoms. The molecule has 3 aromatic heterocycles. The SMILES string of the molecule is Cc1cc(C)c2cc(N3CCC4(C=C(c5c(-c6cccnc6C(F)(F)F)noc5C5CC5)C4)CC3)ccc2n1. The summed E-state index contributed by atoms with van der Waals surface area (Å²) in [6.07, 6.45) is 3.69. The highest BCUT2D eigenvalue weighted by atomic mass is 19.4. The minimum absolute atomic E-state index is 0.0106. The summed E-state index contributed by atoms with van der Waals surface area (Å²) in [4.78, 5) is 10.8. The van der Waals surface area contributed by atoms with Crippen molar-refractivity contribution in [1.82, 2.24) is 15.1 Å². The van der Waals surface area contributed by atoms with Crippen LogP contribution in [0.25, 0.3) is 27.7 Å². The number of anilines is 1. The highest BCUT2D eigenvalue weighted by molar-refractivity contribution is 5.86. The molecule has 1 aliphatic heterocycles. The van der Waals surface area contributed by atoms with Gasteiger partial charge in [-0.2, -0.15) is 13.2 Å². The van der Waals surface area contributed by atoms with E-state index in [1.807, 2.05) is 6.92 Å². The molecule has 0 N–H and O–H groups in total. The number of hydrogen-bond donors (Lipinski definition) is 0. The summed E-state index contributed by atoms with van der Waals surface area (Å²) >= 11 is 0. The van der Waals surface area contributed by atoms with Crippen molar-refractivity contribution in [3.8, 4) is 11.3 Å². The van der Waals surface area contributed by atoms with Crippen molar-refractivity contribution in [2.24, 2.45) is 5.41 Å². The Morgan fingerprint density at radius 3 is 2.54 bits per heavy atom. The Hall–Kier alpha value is -3.68. The highest BCUT2D eigenvalue weighted by Gasteiger charge is 2.45. The first-order valence-corrected chi connectivity index (χ1v) is 13.6. The van der Waals surface area contributed by atoms with Crippen molar-refractivity contribution < 1.29 is 17.7 Å². The lowest BCUT2D eigenvalue weighted by atomic mass is 9.63. The lowest BCUT2D eigenvalue weighted by Gasteiger charge is -2.47. The zero-order chi connectivity index (χ0) is 26.9. The minimum atomic E-state index is -4.56. The van der Waals surface area contributed by atoms with Gasteiger partial charge in [-0.05, 0) is 98.9 Å². The van der Waals surface area contributed by atoms with Crippen LogP contribution in [-0.4, -0.2) is 28.2 Å². The molecule has 0 atom stereocenters. The Bertz CT molecular complexity index is 1620. The molecule has 0 unspecified atom stereocenters. The maximum atomic E-state index is 13.8. The number of nitrogens with zero attached hydrogens (tertiary/aromatic N) is 4. The normalized spacial score (nSPS) is 18.9. The van der Waals surface area contributed by atoms with Crippen LogP contribution in [0.5, 0.6) is 0 Å².